The highest BCUT2D eigenvalue weighted by atomic mass is 79.9. The van der Waals surface area contributed by atoms with Gasteiger partial charge in [-0.2, -0.15) is 5.10 Å². The number of anilines is 1. The maximum Gasteiger partial charge on any atom is 0.259 e. The number of halogens is 1. The molecule has 0 heterocycles. The minimum absolute atomic E-state index is 0.119. The lowest BCUT2D eigenvalue weighted by Gasteiger charge is -2.07. The van der Waals surface area contributed by atoms with Gasteiger partial charge in [-0.3, -0.25) is 4.79 Å². The number of methoxy groups -OCH3 is 2. The van der Waals surface area contributed by atoms with E-state index in [1.165, 1.54) is 6.21 Å². The Kier molecular flexibility index (Phi) is 6.62. The first kappa shape index (κ1) is 17.8. The fourth-order valence-corrected chi connectivity index (χ4v) is 2.32. The topological polar surface area (TPSA) is 72.0 Å². The molecule has 0 atom stereocenters. The molecule has 0 aliphatic heterocycles. The summed E-state index contributed by atoms with van der Waals surface area (Å²) in [6.07, 6.45) is 1.52. The zero-order chi connectivity index (χ0) is 17.4. The molecule has 2 aromatic carbocycles. The second kappa shape index (κ2) is 8.93. The summed E-state index contributed by atoms with van der Waals surface area (Å²) in [5.41, 5.74) is 4.05. The number of benzene rings is 2. The molecular weight excluding hydrogens is 374 g/mol. The number of hydrogen-bond acceptors (Lipinski definition) is 5. The lowest BCUT2D eigenvalue weighted by atomic mass is 10.2. The number of carbonyl (C=O) groups excluding carboxylic acids is 1. The Morgan fingerprint density at radius 2 is 2.04 bits per heavy atom. The van der Waals surface area contributed by atoms with E-state index in [-0.39, 0.29) is 12.5 Å². The molecule has 24 heavy (non-hydrogen) atoms. The molecule has 0 aromatic heterocycles. The third kappa shape index (κ3) is 5.27. The number of hydrazone groups is 1. The van der Waals surface area contributed by atoms with Crippen LogP contribution in [0, 0.1) is 0 Å². The molecule has 0 unspecified atom stereocenters. The molecule has 6 nitrogen and oxygen atoms in total. The highest BCUT2D eigenvalue weighted by Gasteiger charge is 2.03. The summed E-state index contributed by atoms with van der Waals surface area (Å²) >= 11 is 3.38. The highest BCUT2D eigenvalue weighted by molar-refractivity contribution is 9.10. The molecule has 0 radical (unpaired) electrons. The van der Waals surface area contributed by atoms with E-state index in [4.69, 9.17) is 9.47 Å². The van der Waals surface area contributed by atoms with Gasteiger partial charge in [-0.05, 0) is 30.3 Å². The fourth-order valence-electron chi connectivity index (χ4n) is 1.92. The van der Waals surface area contributed by atoms with E-state index in [0.717, 1.165) is 15.7 Å². The van der Waals surface area contributed by atoms with Crippen LogP contribution < -0.4 is 20.2 Å². The van der Waals surface area contributed by atoms with Gasteiger partial charge in [0.2, 0.25) is 0 Å². The second-order valence-electron chi connectivity index (χ2n) is 4.76. The van der Waals surface area contributed by atoms with Crippen LogP contribution in [0.5, 0.6) is 11.5 Å². The Hall–Kier alpha value is -2.54. The quantitative estimate of drug-likeness (QED) is 0.561. The molecule has 7 heteroatoms. The van der Waals surface area contributed by atoms with E-state index in [0.29, 0.717) is 11.5 Å². The van der Waals surface area contributed by atoms with E-state index >= 15 is 0 Å². The third-order valence-electron chi connectivity index (χ3n) is 3.11. The van der Waals surface area contributed by atoms with Gasteiger partial charge in [-0.1, -0.05) is 22.0 Å². The number of hydrogen-bond donors (Lipinski definition) is 2. The van der Waals surface area contributed by atoms with Gasteiger partial charge in [0.25, 0.3) is 5.91 Å². The zero-order valence-electron chi connectivity index (χ0n) is 13.4. The summed E-state index contributed by atoms with van der Waals surface area (Å²) in [6.45, 7) is 0.119. The smallest absolute Gasteiger partial charge is 0.259 e. The minimum atomic E-state index is -0.251. The molecule has 0 fully saturated rings. The van der Waals surface area contributed by atoms with E-state index in [1.807, 2.05) is 24.3 Å². The van der Waals surface area contributed by atoms with Gasteiger partial charge in [0.1, 0.15) is 11.5 Å². The van der Waals surface area contributed by atoms with Crippen LogP contribution >= 0.6 is 15.9 Å². The number of nitrogens with zero attached hydrogens (tertiary/aromatic N) is 1. The van der Waals surface area contributed by atoms with Gasteiger partial charge in [-0.15, -0.1) is 0 Å². The Labute approximate surface area is 149 Å². The van der Waals surface area contributed by atoms with Gasteiger partial charge in [0, 0.05) is 21.8 Å². The number of amides is 1. The van der Waals surface area contributed by atoms with Crippen molar-refractivity contribution in [1.82, 2.24) is 5.43 Å². The molecule has 0 aliphatic carbocycles. The maximum atomic E-state index is 11.8. The molecule has 0 saturated heterocycles. The van der Waals surface area contributed by atoms with Crippen LogP contribution in [0.25, 0.3) is 0 Å². The van der Waals surface area contributed by atoms with Gasteiger partial charge in [0.05, 0.1) is 27.0 Å². The monoisotopic (exact) mass is 391 g/mol. The van der Waals surface area contributed by atoms with Gasteiger partial charge in [0.15, 0.2) is 0 Å². The molecule has 1 amide bonds. The Morgan fingerprint density at radius 3 is 2.75 bits per heavy atom. The maximum absolute atomic E-state index is 11.8. The molecule has 2 aromatic rings. The minimum Gasteiger partial charge on any atom is -0.497 e. The van der Waals surface area contributed by atoms with Crippen molar-refractivity contribution in [2.24, 2.45) is 5.10 Å². The normalized spacial score (nSPS) is 10.5. The number of carbonyl (C=O) groups is 1. The first-order valence-electron chi connectivity index (χ1n) is 7.15. The number of rotatable bonds is 7. The van der Waals surface area contributed by atoms with Gasteiger partial charge < -0.3 is 14.8 Å². The van der Waals surface area contributed by atoms with Crippen molar-refractivity contribution in [2.45, 2.75) is 0 Å². The Morgan fingerprint density at radius 1 is 1.21 bits per heavy atom. The van der Waals surface area contributed by atoms with E-state index in [9.17, 15) is 4.79 Å². The summed E-state index contributed by atoms with van der Waals surface area (Å²) in [5, 5.41) is 6.96. The van der Waals surface area contributed by atoms with Crippen molar-refractivity contribution in [1.29, 1.82) is 0 Å². The van der Waals surface area contributed by atoms with Crippen molar-refractivity contribution in [2.75, 3.05) is 26.1 Å². The van der Waals surface area contributed by atoms with Crippen LogP contribution in [0.15, 0.2) is 52.0 Å². The van der Waals surface area contributed by atoms with E-state index in [1.54, 1.807) is 32.4 Å². The molecule has 126 valence electrons. The van der Waals surface area contributed by atoms with Crippen LogP contribution in [0.4, 0.5) is 5.69 Å². The number of ether oxygens (including phenoxy) is 2. The summed E-state index contributed by atoms with van der Waals surface area (Å²) in [4.78, 5) is 11.8. The summed E-state index contributed by atoms with van der Waals surface area (Å²) in [7, 11) is 3.15. The van der Waals surface area contributed by atoms with Crippen molar-refractivity contribution < 1.29 is 14.3 Å². The summed E-state index contributed by atoms with van der Waals surface area (Å²) < 4.78 is 11.3. The average molecular weight is 392 g/mol. The SMILES string of the molecule is COc1ccc(/C=N/NC(=O)CNc2cccc(Br)c2)c(OC)c1. The van der Waals surface area contributed by atoms with Crippen LogP contribution in [0.3, 0.4) is 0 Å². The van der Waals surface area contributed by atoms with Crippen LogP contribution in [-0.2, 0) is 4.79 Å². The average Bonchev–Trinajstić information content (AvgIpc) is 2.60. The van der Waals surface area contributed by atoms with Crippen molar-refractivity contribution in [3.63, 3.8) is 0 Å². The summed E-state index contributed by atoms with van der Waals surface area (Å²) in [6, 6.07) is 12.9. The molecule has 0 aliphatic rings. The Bertz CT molecular complexity index is 735. The van der Waals surface area contributed by atoms with Crippen molar-refractivity contribution in [3.8, 4) is 11.5 Å². The van der Waals surface area contributed by atoms with Gasteiger partial charge in [-0.25, -0.2) is 5.43 Å². The molecule has 0 saturated carbocycles. The van der Waals surface area contributed by atoms with Crippen LogP contribution in [0.1, 0.15) is 5.56 Å². The van der Waals surface area contributed by atoms with E-state index in [2.05, 4.69) is 31.8 Å². The van der Waals surface area contributed by atoms with Crippen molar-refractivity contribution >= 4 is 33.7 Å². The predicted octanol–water partition coefficient (Wildman–Crippen LogP) is 3.03. The largest absolute Gasteiger partial charge is 0.497 e. The lowest BCUT2D eigenvalue weighted by Crippen LogP contribution is -2.25. The lowest BCUT2D eigenvalue weighted by molar-refractivity contribution is -0.119. The predicted molar refractivity (Wildman–Crippen MR) is 97.9 cm³/mol. The number of nitrogens with one attached hydrogen (secondary N) is 2. The molecule has 2 rings (SSSR count). The first-order valence-corrected chi connectivity index (χ1v) is 7.95. The highest BCUT2D eigenvalue weighted by Crippen LogP contribution is 2.23. The molecule has 0 bridgehead atoms. The second-order valence-corrected chi connectivity index (χ2v) is 5.68. The van der Waals surface area contributed by atoms with Crippen LogP contribution in [-0.4, -0.2) is 32.9 Å². The molecule has 0 spiro atoms. The third-order valence-corrected chi connectivity index (χ3v) is 3.60. The first-order chi connectivity index (χ1) is 11.6. The molecule has 2 N–H and O–H groups in total. The van der Waals surface area contributed by atoms with Crippen molar-refractivity contribution in [3.05, 3.63) is 52.5 Å². The van der Waals surface area contributed by atoms with Crippen LogP contribution in [0.2, 0.25) is 0 Å². The van der Waals surface area contributed by atoms with Gasteiger partial charge >= 0.3 is 0 Å². The molecular formula is C17H18BrN3O3. The zero-order valence-corrected chi connectivity index (χ0v) is 15.0. The fraction of sp³-hybridized carbons (Fsp3) is 0.176. The standard InChI is InChI=1S/C17H18BrN3O3/c1-23-15-7-6-12(16(9-15)24-2)10-20-21-17(22)11-19-14-5-3-4-13(18)8-14/h3-10,19H,11H2,1-2H3,(H,21,22)/b20-10+. The summed E-state index contributed by atoms with van der Waals surface area (Å²) in [5.74, 6) is 1.05. The Balaban J connectivity index is 1.88. The van der Waals surface area contributed by atoms with E-state index < -0.39 is 0 Å².